The molecule has 0 spiro atoms. The van der Waals surface area contributed by atoms with Crippen molar-refractivity contribution in [2.24, 2.45) is 0 Å². The summed E-state index contributed by atoms with van der Waals surface area (Å²) < 4.78 is 27.7. The highest BCUT2D eigenvalue weighted by Crippen LogP contribution is 2.28. The first-order valence-corrected chi connectivity index (χ1v) is 8.65. The molecule has 0 bridgehead atoms. The predicted molar refractivity (Wildman–Crippen MR) is 78.2 cm³/mol. The van der Waals surface area contributed by atoms with Crippen LogP contribution in [0.15, 0.2) is 34.5 Å². The Bertz CT molecular complexity index is 713. The Morgan fingerprint density at radius 1 is 1.35 bits per heavy atom. The largest absolute Gasteiger partial charge is 0.306 e. The van der Waals surface area contributed by atoms with Crippen LogP contribution in [0.1, 0.15) is 12.8 Å². The Morgan fingerprint density at radius 3 is 2.85 bits per heavy atom. The van der Waals surface area contributed by atoms with E-state index >= 15 is 0 Å². The molecule has 2 heterocycles. The molecule has 0 unspecified atom stereocenters. The maximum atomic E-state index is 12.2. The molecule has 1 aromatic carbocycles. The fourth-order valence-corrected chi connectivity index (χ4v) is 4.67. The predicted octanol–water partition coefficient (Wildman–Crippen LogP) is 1.46. The van der Waals surface area contributed by atoms with Gasteiger partial charge < -0.3 is 5.32 Å². The van der Waals surface area contributed by atoms with Crippen LogP contribution in [-0.2, 0) is 14.8 Å². The molecule has 0 radical (unpaired) electrons. The Labute approximate surface area is 121 Å². The molecule has 1 fully saturated rings. The van der Waals surface area contributed by atoms with Crippen LogP contribution in [0.3, 0.4) is 0 Å². The van der Waals surface area contributed by atoms with E-state index in [2.05, 4.69) is 10.0 Å². The number of thiophene rings is 1. The third-order valence-corrected chi connectivity index (χ3v) is 6.22. The fourth-order valence-electron chi connectivity index (χ4n) is 2.25. The summed E-state index contributed by atoms with van der Waals surface area (Å²) in [7, 11) is -3.78. The van der Waals surface area contributed by atoms with Crippen LogP contribution in [0, 0.1) is 0 Å². The molecule has 5 nitrogen and oxygen atoms in total. The highest BCUT2D eigenvalue weighted by molar-refractivity contribution is 7.92. The van der Waals surface area contributed by atoms with Crippen LogP contribution in [0.2, 0.25) is 0 Å². The Balaban J connectivity index is 1.85. The third kappa shape index (κ3) is 2.56. The van der Waals surface area contributed by atoms with Gasteiger partial charge in [-0.05, 0) is 36.9 Å². The minimum atomic E-state index is -3.78. The number of carbonyl (C=O) groups excluding carboxylic acids is 1. The van der Waals surface area contributed by atoms with E-state index in [1.54, 1.807) is 6.07 Å². The number of sulfonamides is 1. The molecule has 1 atom stereocenters. The van der Waals surface area contributed by atoms with Gasteiger partial charge in [-0.2, -0.15) is 0 Å². The third-order valence-electron chi connectivity index (χ3n) is 3.28. The monoisotopic (exact) mass is 310 g/mol. The minimum Gasteiger partial charge on any atom is -0.306 e. The molecule has 1 aromatic heterocycles. The molecule has 7 heteroatoms. The van der Waals surface area contributed by atoms with Gasteiger partial charge in [0.2, 0.25) is 0 Å². The van der Waals surface area contributed by atoms with Crippen molar-refractivity contribution in [1.29, 1.82) is 0 Å². The molecule has 3 rings (SSSR count). The molecular weight excluding hydrogens is 296 g/mol. The molecule has 106 valence electrons. The summed E-state index contributed by atoms with van der Waals surface area (Å²) in [6, 6.07) is 8.62. The van der Waals surface area contributed by atoms with Crippen molar-refractivity contribution in [3.63, 3.8) is 0 Å². The second-order valence-electron chi connectivity index (χ2n) is 4.72. The zero-order valence-electron chi connectivity index (χ0n) is 10.6. The lowest BCUT2D eigenvalue weighted by Gasteiger charge is -2.10. The Hall–Kier alpha value is -1.44. The van der Waals surface area contributed by atoms with Crippen molar-refractivity contribution in [3.8, 4) is 0 Å². The Kier molecular flexibility index (Phi) is 3.49. The van der Waals surface area contributed by atoms with Gasteiger partial charge >= 0.3 is 0 Å². The summed E-state index contributed by atoms with van der Waals surface area (Å²) in [6.07, 6.45) is 1.56. The quantitative estimate of drug-likeness (QED) is 0.900. The number of hydrogen-bond acceptors (Lipinski definition) is 5. The van der Waals surface area contributed by atoms with Crippen molar-refractivity contribution in [1.82, 2.24) is 10.0 Å². The van der Waals surface area contributed by atoms with Gasteiger partial charge in [0.15, 0.2) is 0 Å². The normalized spacial score (nSPS) is 19.3. The zero-order valence-corrected chi connectivity index (χ0v) is 12.3. The SMILES string of the molecule is O=C(NS(=O)(=O)c1cc2ccccc2s1)[C@@H]1CCCN1. The van der Waals surface area contributed by atoms with Crippen LogP contribution in [-0.4, -0.2) is 26.9 Å². The van der Waals surface area contributed by atoms with Gasteiger partial charge in [0, 0.05) is 4.70 Å². The van der Waals surface area contributed by atoms with E-state index in [-0.39, 0.29) is 4.21 Å². The second-order valence-corrected chi connectivity index (χ2v) is 7.71. The first-order chi connectivity index (χ1) is 9.56. The van der Waals surface area contributed by atoms with Crippen molar-refractivity contribution < 1.29 is 13.2 Å². The van der Waals surface area contributed by atoms with Crippen LogP contribution in [0.4, 0.5) is 0 Å². The molecule has 2 aromatic rings. The molecular formula is C13H14N2O3S2. The van der Waals surface area contributed by atoms with E-state index in [1.165, 1.54) is 11.3 Å². The van der Waals surface area contributed by atoms with Crippen LogP contribution >= 0.6 is 11.3 Å². The number of amides is 1. The van der Waals surface area contributed by atoms with E-state index in [9.17, 15) is 13.2 Å². The smallest absolute Gasteiger partial charge is 0.273 e. The topological polar surface area (TPSA) is 75.3 Å². The lowest BCUT2D eigenvalue weighted by Crippen LogP contribution is -2.42. The highest BCUT2D eigenvalue weighted by Gasteiger charge is 2.27. The fraction of sp³-hybridized carbons (Fsp3) is 0.308. The minimum absolute atomic E-state index is 0.171. The van der Waals surface area contributed by atoms with Gasteiger partial charge in [0.25, 0.3) is 15.9 Å². The average Bonchev–Trinajstić information content (AvgIpc) is 3.07. The standard InChI is InChI=1S/C13H14N2O3S2/c16-13(10-5-3-7-14-10)15-20(17,18)12-8-9-4-1-2-6-11(9)19-12/h1-2,4,6,8,10,14H,3,5,7H2,(H,15,16)/t10-/m0/s1. The highest BCUT2D eigenvalue weighted by atomic mass is 32.2. The maximum absolute atomic E-state index is 12.2. The zero-order chi connectivity index (χ0) is 14.2. The van der Waals surface area contributed by atoms with Crippen molar-refractivity contribution >= 4 is 37.4 Å². The number of hydrogen-bond donors (Lipinski definition) is 2. The van der Waals surface area contributed by atoms with Crippen molar-refractivity contribution in [3.05, 3.63) is 30.3 Å². The average molecular weight is 310 g/mol. The van der Waals surface area contributed by atoms with E-state index in [0.29, 0.717) is 6.42 Å². The summed E-state index contributed by atoms with van der Waals surface area (Å²) in [5.74, 6) is -0.472. The molecule has 1 aliphatic rings. The number of rotatable bonds is 3. The van der Waals surface area contributed by atoms with Gasteiger partial charge in [0.05, 0.1) is 6.04 Å². The van der Waals surface area contributed by atoms with Crippen LogP contribution in [0.5, 0.6) is 0 Å². The summed E-state index contributed by atoms with van der Waals surface area (Å²) in [4.78, 5) is 11.9. The van der Waals surface area contributed by atoms with Gasteiger partial charge in [-0.25, -0.2) is 13.1 Å². The van der Waals surface area contributed by atoms with E-state index in [1.807, 2.05) is 24.3 Å². The lowest BCUT2D eigenvalue weighted by atomic mass is 10.2. The second kappa shape index (κ2) is 5.16. The first-order valence-electron chi connectivity index (χ1n) is 6.35. The molecule has 0 saturated carbocycles. The summed E-state index contributed by atoms with van der Waals surface area (Å²) in [6.45, 7) is 0.751. The Morgan fingerprint density at radius 2 is 2.15 bits per heavy atom. The van der Waals surface area contributed by atoms with Crippen LogP contribution in [0.25, 0.3) is 10.1 Å². The first kappa shape index (κ1) is 13.5. The van der Waals surface area contributed by atoms with Crippen molar-refractivity contribution in [2.45, 2.75) is 23.1 Å². The molecule has 2 N–H and O–H groups in total. The van der Waals surface area contributed by atoms with E-state index in [4.69, 9.17) is 0 Å². The lowest BCUT2D eigenvalue weighted by molar-refractivity contribution is -0.121. The molecule has 0 aliphatic carbocycles. The number of nitrogens with one attached hydrogen (secondary N) is 2. The van der Waals surface area contributed by atoms with Gasteiger partial charge in [-0.1, -0.05) is 18.2 Å². The number of fused-ring (bicyclic) bond motifs is 1. The van der Waals surface area contributed by atoms with Crippen LogP contribution < -0.4 is 10.0 Å². The van der Waals surface area contributed by atoms with Crippen molar-refractivity contribution in [2.75, 3.05) is 6.54 Å². The van der Waals surface area contributed by atoms with E-state index < -0.39 is 22.0 Å². The number of carbonyl (C=O) groups is 1. The van der Waals surface area contributed by atoms with Gasteiger partial charge in [0.1, 0.15) is 4.21 Å². The molecule has 1 aliphatic heterocycles. The van der Waals surface area contributed by atoms with Gasteiger partial charge in [-0.15, -0.1) is 11.3 Å². The van der Waals surface area contributed by atoms with E-state index in [0.717, 1.165) is 23.1 Å². The van der Waals surface area contributed by atoms with Gasteiger partial charge in [-0.3, -0.25) is 4.79 Å². The summed E-state index contributed by atoms with van der Waals surface area (Å²) >= 11 is 1.17. The molecule has 1 saturated heterocycles. The summed E-state index contributed by atoms with van der Waals surface area (Å²) in [5.41, 5.74) is 0. The molecule has 20 heavy (non-hydrogen) atoms. The number of benzene rings is 1. The molecule has 1 amide bonds. The summed E-state index contributed by atoms with van der Waals surface area (Å²) in [5, 5.41) is 3.85. The maximum Gasteiger partial charge on any atom is 0.273 e.